The minimum absolute atomic E-state index is 0.134. The second-order valence-electron chi connectivity index (χ2n) is 3.64. The smallest absolute Gasteiger partial charge is 0.191 e. The summed E-state index contributed by atoms with van der Waals surface area (Å²) < 4.78 is 31.7. The van der Waals surface area contributed by atoms with Crippen LogP contribution in [0.15, 0.2) is 18.2 Å². The fourth-order valence-corrected chi connectivity index (χ4v) is 1.68. The van der Waals surface area contributed by atoms with Crippen LogP contribution < -0.4 is 10.1 Å². The lowest BCUT2D eigenvalue weighted by atomic mass is 10.1. The van der Waals surface area contributed by atoms with Crippen LogP contribution in [0.5, 0.6) is 5.75 Å². The number of nitrogens with one attached hydrogen (secondary N) is 1. The number of piperidine rings is 1. The summed E-state index contributed by atoms with van der Waals surface area (Å²) in [4.78, 5) is 0. The SMILES string of the molecule is Fc1cccc(F)c1OC1CCCNC1. The van der Waals surface area contributed by atoms with E-state index in [1.54, 1.807) is 0 Å². The van der Waals surface area contributed by atoms with Crippen molar-refractivity contribution in [1.82, 2.24) is 5.32 Å². The third-order valence-corrected chi connectivity index (χ3v) is 2.46. The van der Waals surface area contributed by atoms with Crippen LogP contribution >= 0.6 is 0 Å². The van der Waals surface area contributed by atoms with Crippen molar-refractivity contribution >= 4 is 0 Å². The fourth-order valence-electron chi connectivity index (χ4n) is 1.68. The van der Waals surface area contributed by atoms with Crippen LogP contribution in [0.2, 0.25) is 0 Å². The van der Waals surface area contributed by atoms with Gasteiger partial charge in [-0.1, -0.05) is 6.07 Å². The van der Waals surface area contributed by atoms with Crippen LogP contribution in [0, 0.1) is 11.6 Å². The van der Waals surface area contributed by atoms with E-state index in [-0.39, 0.29) is 11.9 Å². The van der Waals surface area contributed by atoms with E-state index < -0.39 is 11.6 Å². The summed E-state index contributed by atoms with van der Waals surface area (Å²) in [6.45, 7) is 1.59. The zero-order chi connectivity index (χ0) is 10.7. The zero-order valence-electron chi connectivity index (χ0n) is 8.30. The normalized spacial score (nSPS) is 21.3. The van der Waals surface area contributed by atoms with Gasteiger partial charge in [0, 0.05) is 6.54 Å². The first-order valence-electron chi connectivity index (χ1n) is 5.09. The van der Waals surface area contributed by atoms with Gasteiger partial charge in [0.25, 0.3) is 0 Å². The average Bonchev–Trinajstić information content (AvgIpc) is 2.25. The van der Waals surface area contributed by atoms with Crippen LogP contribution in [0.1, 0.15) is 12.8 Å². The van der Waals surface area contributed by atoms with Gasteiger partial charge in [-0.25, -0.2) is 8.78 Å². The summed E-state index contributed by atoms with van der Waals surface area (Å²) in [5.41, 5.74) is 0. The molecule has 1 heterocycles. The van der Waals surface area contributed by atoms with Gasteiger partial charge in [0.05, 0.1) is 0 Å². The Morgan fingerprint density at radius 3 is 2.60 bits per heavy atom. The summed E-state index contributed by atoms with van der Waals surface area (Å²) in [7, 11) is 0. The minimum atomic E-state index is -0.638. The number of rotatable bonds is 2. The number of ether oxygens (including phenoxy) is 1. The molecule has 15 heavy (non-hydrogen) atoms. The molecule has 0 saturated carbocycles. The molecular weight excluding hydrogens is 200 g/mol. The van der Waals surface area contributed by atoms with Crippen molar-refractivity contribution in [1.29, 1.82) is 0 Å². The Morgan fingerprint density at radius 1 is 1.27 bits per heavy atom. The largest absolute Gasteiger partial charge is 0.483 e. The number of para-hydroxylation sites is 1. The molecule has 0 radical (unpaired) electrons. The molecule has 1 unspecified atom stereocenters. The second kappa shape index (κ2) is 4.57. The van der Waals surface area contributed by atoms with Gasteiger partial charge >= 0.3 is 0 Å². The number of benzene rings is 1. The van der Waals surface area contributed by atoms with E-state index in [1.807, 2.05) is 0 Å². The molecule has 82 valence electrons. The Hall–Kier alpha value is -1.16. The molecule has 2 rings (SSSR count). The Kier molecular flexibility index (Phi) is 3.16. The molecule has 0 aliphatic carbocycles. The molecule has 1 fully saturated rings. The quantitative estimate of drug-likeness (QED) is 0.812. The van der Waals surface area contributed by atoms with Crippen LogP contribution in [0.3, 0.4) is 0 Å². The third kappa shape index (κ3) is 2.45. The van der Waals surface area contributed by atoms with E-state index in [0.717, 1.165) is 19.4 Å². The molecule has 1 aliphatic rings. The first kappa shape index (κ1) is 10.4. The van der Waals surface area contributed by atoms with Gasteiger partial charge < -0.3 is 10.1 Å². The predicted octanol–water partition coefficient (Wildman–Crippen LogP) is 2.10. The Bertz CT molecular complexity index is 317. The van der Waals surface area contributed by atoms with E-state index in [2.05, 4.69) is 5.32 Å². The fraction of sp³-hybridized carbons (Fsp3) is 0.455. The van der Waals surface area contributed by atoms with Gasteiger partial charge in [0.15, 0.2) is 17.4 Å². The maximum absolute atomic E-state index is 13.2. The lowest BCUT2D eigenvalue weighted by Crippen LogP contribution is -2.37. The van der Waals surface area contributed by atoms with E-state index in [0.29, 0.717) is 6.54 Å². The molecule has 1 aromatic carbocycles. The summed E-state index contributed by atoms with van der Waals surface area (Å²) in [6, 6.07) is 3.74. The van der Waals surface area contributed by atoms with Crippen molar-refractivity contribution < 1.29 is 13.5 Å². The Labute approximate surface area is 87.2 Å². The molecule has 4 heteroatoms. The number of halogens is 2. The van der Waals surface area contributed by atoms with Gasteiger partial charge in [-0.3, -0.25) is 0 Å². The van der Waals surface area contributed by atoms with Gasteiger partial charge in [-0.05, 0) is 31.5 Å². The van der Waals surface area contributed by atoms with Gasteiger partial charge in [-0.15, -0.1) is 0 Å². The molecule has 1 aliphatic heterocycles. The standard InChI is InChI=1S/C11H13F2NO/c12-9-4-1-5-10(13)11(9)15-8-3-2-6-14-7-8/h1,4-5,8,14H,2-3,6-7H2. The molecular formula is C11H13F2NO. The zero-order valence-corrected chi connectivity index (χ0v) is 8.30. The molecule has 1 aromatic rings. The average molecular weight is 213 g/mol. The van der Waals surface area contributed by atoms with Crippen molar-refractivity contribution in [3.63, 3.8) is 0 Å². The van der Waals surface area contributed by atoms with Crippen LogP contribution in [0.25, 0.3) is 0 Å². The molecule has 0 spiro atoms. The van der Waals surface area contributed by atoms with Crippen molar-refractivity contribution in [2.24, 2.45) is 0 Å². The highest BCUT2D eigenvalue weighted by Crippen LogP contribution is 2.23. The summed E-state index contributed by atoms with van der Waals surface area (Å²) in [5.74, 6) is -1.53. The summed E-state index contributed by atoms with van der Waals surface area (Å²) in [6.07, 6.45) is 1.67. The van der Waals surface area contributed by atoms with Crippen LogP contribution in [-0.4, -0.2) is 19.2 Å². The Morgan fingerprint density at radius 2 is 2.00 bits per heavy atom. The maximum Gasteiger partial charge on any atom is 0.191 e. The predicted molar refractivity (Wildman–Crippen MR) is 52.9 cm³/mol. The first-order chi connectivity index (χ1) is 7.27. The van der Waals surface area contributed by atoms with E-state index in [9.17, 15) is 8.78 Å². The van der Waals surface area contributed by atoms with Gasteiger partial charge in [0.1, 0.15) is 6.10 Å². The highest BCUT2D eigenvalue weighted by Gasteiger charge is 2.18. The monoisotopic (exact) mass is 213 g/mol. The summed E-state index contributed by atoms with van der Waals surface area (Å²) >= 11 is 0. The molecule has 0 aromatic heterocycles. The summed E-state index contributed by atoms with van der Waals surface area (Å²) in [5, 5.41) is 3.12. The van der Waals surface area contributed by atoms with E-state index >= 15 is 0 Å². The first-order valence-corrected chi connectivity index (χ1v) is 5.09. The van der Waals surface area contributed by atoms with Gasteiger partial charge in [-0.2, -0.15) is 0 Å². The topological polar surface area (TPSA) is 21.3 Å². The number of hydrogen-bond donors (Lipinski definition) is 1. The highest BCUT2D eigenvalue weighted by atomic mass is 19.1. The minimum Gasteiger partial charge on any atom is -0.483 e. The molecule has 0 bridgehead atoms. The van der Waals surface area contributed by atoms with Crippen molar-refractivity contribution in [3.05, 3.63) is 29.8 Å². The Balaban J connectivity index is 2.09. The molecule has 1 saturated heterocycles. The van der Waals surface area contributed by atoms with Crippen LogP contribution in [-0.2, 0) is 0 Å². The molecule has 1 N–H and O–H groups in total. The lowest BCUT2D eigenvalue weighted by molar-refractivity contribution is 0.153. The second-order valence-corrected chi connectivity index (χ2v) is 3.64. The van der Waals surface area contributed by atoms with E-state index in [4.69, 9.17) is 4.74 Å². The molecule has 0 amide bonds. The lowest BCUT2D eigenvalue weighted by Gasteiger charge is -2.24. The van der Waals surface area contributed by atoms with Crippen molar-refractivity contribution in [3.8, 4) is 5.75 Å². The van der Waals surface area contributed by atoms with E-state index in [1.165, 1.54) is 18.2 Å². The molecule has 2 nitrogen and oxygen atoms in total. The van der Waals surface area contributed by atoms with Crippen molar-refractivity contribution in [2.45, 2.75) is 18.9 Å². The maximum atomic E-state index is 13.2. The van der Waals surface area contributed by atoms with Crippen molar-refractivity contribution in [2.75, 3.05) is 13.1 Å². The van der Waals surface area contributed by atoms with Gasteiger partial charge in [0.2, 0.25) is 0 Å². The third-order valence-electron chi connectivity index (χ3n) is 2.46. The molecule has 1 atom stereocenters. The van der Waals surface area contributed by atoms with Crippen LogP contribution in [0.4, 0.5) is 8.78 Å². The highest BCUT2D eigenvalue weighted by molar-refractivity contribution is 5.26. The number of hydrogen-bond acceptors (Lipinski definition) is 2.